The Labute approximate surface area is 185 Å². The van der Waals surface area contributed by atoms with Crippen molar-refractivity contribution in [2.75, 3.05) is 24.8 Å². The molecule has 5 rings (SSSR count). The summed E-state index contributed by atoms with van der Waals surface area (Å²) in [5.41, 5.74) is 5.72. The minimum atomic E-state index is -1.44. The molecule has 3 aliphatic rings. The first-order valence-electron chi connectivity index (χ1n) is 10.8. The maximum Gasteiger partial charge on any atom is 0.341 e. The number of aromatic nitrogens is 1. The Morgan fingerprint density at radius 1 is 1.44 bits per heavy atom. The van der Waals surface area contributed by atoms with Crippen LogP contribution in [0.2, 0.25) is 0 Å². The van der Waals surface area contributed by atoms with Crippen molar-refractivity contribution in [2.45, 2.75) is 49.6 Å². The monoisotopic (exact) mass is 465 g/mol. The van der Waals surface area contributed by atoms with E-state index in [1.165, 1.54) is 24.5 Å². The lowest BCUT2D eigenvalue weighted by Crippen LogP contribution is -2.40. The van der Waals surface area contributed by atoms with Crippen LogP contribution in [0, 0.1) is 11.7 Å². The molecule has 3 N–H and O–H groups in total. The van der Waals surface area contributed by atoms with Crippen molar-refractivity contribution in [1.29, 1.82) is 0 Å². The Balaban J connectivity index is 1.63. The van der Waals surface area contributed by atoms with Crippen molar-refractivity contribution in [3.8, 4) is 5.75 Å². The first kappa shape index (κ1) is 21.6. The number of rotatable bonds is 7. The third-order valence-corrected chi connectivity index (χ3v) is 8.43. The van der Waals surface area contributed by atoms with Crippen molar-refractivity contribution < 1.29 is 23.4 Å². The zero-order chi connectivity index (χ0) is 22.8. The second-order valence-corrected chi connectivity index (χ2v) is 10.9. The average molecular weight is 465 g/mol. The molecule has 2 aromatic rings. The highest BCUT2D eigenvalue weighted by Crippen LogP contribution is 2.49. The molecule has 32 heavy (non-hydrogen) atoms. The molecule has 0 bridgehead atoms. The van der Waals surface area contributed by atoms with E-state index in [2.05, 4.69) is 0 Å². The number of alkyl halides is 1. The van der Waals surface area contributed by atoms with Crippen LogP contribution in [0.5, 0.6) is 5.75 Å². The maximum absolute atomic E-state index is 15.4. The first-order valence-corrected chi connectivity index (χ1v) is 12.0. The second-order valence-electron chi connectivity index (χ2n) is 9.21. The molecule has 0 radical (unpaired) electrons. The quantitative estimate of drug-likeness (QED) is 0.608. The van der Waals surface area contributed by atoms with Gasteiger partial charge in [0.25, 0.3) is 0 Å². The highest BCUT2D eigenvalue weighted by molar-refractivity contribution is 7.40. The number of benzene rings is 1. The van der Waals surface area contributed by atoms with E-state index >= 15 is 4.39 Å². The summed E-state index contributed by atoms with van der Waals surface area (Å²) in [6.45, 7) is 0.462. The lowest BCUT2D eigenvalue weighted by molar-refractivity contribution is 0.0694. The van der Waals surface area contributed by atoms with Crippen molar-refractivity contribution in [2.24, 2.45) is 11.7 Å². The summed E-state index contributed by atoms with van der Waals surface area (Å²) in [7, 11) is 1.80. The summed E-state index contributed by atoms with van der Waals surface area (Å²) in [5.74, 6) is -1.24. The number of aromatic carboxylic acids is 1. The number of carbonyl (C=O) groups is 1. The van der Waals surface area contributed by atoms with Crippen LogP contribution in [0.15, 0.2) is 17.1 Å². The molecule has 1 aromatic heterocycles. The van der Waals surface area contributed by atoms with E-state index < -0.39 is 40.3 Å². The molecular formula is C22H26F2N3O4P. The number of ether oxygens (including phenoxy) is 1. The van der Waals surface area contributed by atoms with Gasteiger partial charge in [-0.15, -0.1) is 0 Å². The Morgan fingerprint density at radius 2 is 2.16 bits per heavy atom. The van der Waals surface area contributed by atoms with Gasteiger partial charge in [-0.1, -0.05) is 21.4 Å². The van der Waals surface area contributed by atoms with Gasteiger partial charge < -0.3 is 25.0 Å². The zero-order valence-corrected chi connectivity index (χ0v) is 18.7. The standard InChI is InChI=1S/C22H26F2N3O4P/c1-31-20-17-12(19(28)13(21(29)30)8-27(17)16-7-14(16)23)6-15(24)18(20)26-9-22(25,32-10-26)5-4-11-2-3-11/h6,8,11,14,16,32H,2-5,7,9-10,25H2,1H3,(H,29,30). The summed E-state index contributed by atoms with van der Waals surface area (Å²) in [5, 5.41) is 8.91. The van der Waals surface area contributed by atoms with E-state index in [0.29, 0.717) is 21.4 Å². The number of hydrogen-bond donors (Lipinski definition) is 2. The van der Waals surface area contributed by atoms with E-state index in [0.717, 1.165) is 31.0 Å². The van der Waals surface area contributed by atoms with Crippen molar-refractivity contribution in [3.05, 3.63) is 33.9 Å². The van der Waals surface area contributed by atoms with Crippen LogP contribution < -0.4 is 20.8 Å². The van der Waals surface area contributed by atoms with Crippen LogP contribution in [-0.4, -0.2) is 47.0 Å². The molecule has 1 aliphatic heterocycles. The van der Waals surface area contributed by atoms with E-state index in [1.54, 1.807) is 0 Å². The summed E-state index contributed by atoms with van der Waals surface area (Å²) in [4.78, 5) is 26.3. The molecule has 7 nitrogen and oxygen atoms in total. The number of fused-ring (bicyclic) bond motifs is 1. The fourth-order valence-corrected chi connectivity index (χ4v) is 6.08. The molecule has 0 spiro atoms. The Morgan fingerprint density at radius 3 is 2.75 bits per heavy atom. The number of nitrogens with zero attached hydrogens (tertiary/aromatic N) is 2. The van der Waals surface area contributed by atoms with Gasteiger partial charge in [0.2, 0.25) is 5.43 Å². The molecule has 2 heterocycles. The average Bonchev–Trinajstić information content (AvgIpc) is 3.67. The third-order valence-electron chi connectivity index (χ3n) is 6.78. The number of nitrogens with two attached hydrogens (primary N) is 1. The Hall–Kier alpha value is -2.25. The predicted octanol–water partition coefficient (Wildman–Crippen LogP) is 3.43. The fraction of sp³-hybridized carbons (Fsp3) is 0.545. The van der Waals surface area contributed by atoms with Gasteiger partial charge in [-0.05, 0) is 24.8 Å². The maximum atomic E-state index is 15.4. The third kappa shape index (κ3) is 3.65. The SMILES string of the molecule is COc1c(N2CPC(N)(CCC3CC3)C2)c(F)cc2c(=O)c(C(=O)O)cn(C3CC3F)c12. The summed E-state index contributed by atoms with van der Waals surface area (Å²) >= 11 is 0. The van der Waals surface area contributed by atoms with Crippen LogP contribution in [0.25, 0.3) is 10.9 Å². The van der Waals surface area contributed by atoms with E-state index in [9.17, 15) is 19.1 Å². The number of methoxy groups -OCH3 is 1. The topological polar surface area (TPSA) is 97.8 Å². The molecule has 2 saturated carbocycles. The van der Waals surface area contributed by atoms with Crippen LogP contribution >= 0.6 is 8.58 Å². The molecule has 4 atom stereocenters. The minimum Gasteiger partial charge on any atom is -0.492 e. The number of carboxylic acid groups (broad SMARTS) is 1. The lowest BCUT2D eigenvalue weighted by atomic mass is 10.1. The minimum absolute atomic E-state index is 0.115. The Bertz CT molecular complexity index is 1170. The Kier molecular flexibility index (Phi) is 5.17. The molecule has 10 heteroatoms. The van der Waals surface area contributed by atoms with Gasteiger partial charge in [0.15, 0.2) is 11.6 Å². The number of halogens is 2. The number of anilines is 1. The number of carboxylic acids is 1. The smallest absolute Gasteiger partial charge is 0.341 e. The lowest BCUT2D eigenvalue weighted by Gasteiger charge is -2.27. The summed E-state index contributed by atoms with van der Waals surface area (Å²) in [6.07, 6.45) is 5.21. The fourth-order valence-electron chi connectivity index (χ4n) is 4.68. The largest absolute Gasteiger partial charge is 0.492 e. The molecule has 1 aromatic carbocycles. The molecule has 1 saturated heterocycles. The van der Waals surface area contributed by atoms with Gasteiger partial charge >= 0.3 is 5.97 Å². The van der Waals surface area contributed by atoms with Crippen molar-refractivity contribution in [3.63, 3.8) is 0 Å². The van der Waals surface area contributed by atoms with E-state index in [4.69, 9.17) is 10.5 Å². The van der Waals surface area contributed by atoms with E-state index in [-0.39, 0.29) is 28.8 Å². The zero-order valence-electron chi connectivity index (χ0n) is 17.7. The van der Waals surface area contributed by atoms with E-state index in [1.807, 2.05) is 4.90 Å². The molecule has 0 amide bonds. The predicted molar refractivity (Wildman–Crippen MR) is 120 cm³/mol. The summed E-state index contributed by atoms with van der Waals surface area (Å²) in [6, 6.07) is 0.439. The highest BCUT2D eigenvalue weighted by Gasteiger charge is 2.42. The highest BCUT2D eigenvalue weighted by atomic mass is 31.1. The number of hydrogen-bond acceptors (Lipinski definition) is 5. The van der Waals surface area contributed by atoms with Gasteiger partial charge in [0, 0.05) is 25.4 Å². The van der Waals surface area contributed by atoms with Crippen LogP contribution in [0.4, 0.5) is 14.5 Å². The normalized spacial score (nSPS) is 27.9. The van der Waals surface area contributed by atoms with Crippen molar-refractivity contribution in [1.82, 2.24) is 4.57 Å². The molecule has 2 aliphatic carbocycles. The van der Waals surface area contributed by atoms with Gasteiger partial charge in [-0.2, -0.15) is 0 Å². The van der Waals surface area contributed by atoms with Gasteiger partial charge in [-0.25, -0.2) is 13.6 Å². The first-order chi connectivity index (χ1) is 15.2. The van der Waals surface area contributed by atoms with Crippen molar-refractivity contribution >= 4 is 31.1 Å². The van der Waals surface area contributed by atoms with Crippen LogP contribution in [0.1, 0.15) is 48.5 Å². The molecule has 3 fully saturated rings. The molecular weight excluding hydrogens is 439 g/mol. The molecule has 4 unspecified atom stereocenters. The van der Waals surface area contributed by atoms with Gasteiger partial charge in [0.1, 0.15) is 17.4 Å². The van der Waals surface area contributed by atoms with Gasteiger partial charge in [-0.3, -0.25) is 4.79 Å². The van der Waals surface area contributed by atoms with Gasteiger partial charge in [0.05, 0.1) is 29.3 Å². The second kappa shape index (κ2) is 7.66. The number of pyridine rings is 1. The van der Waals surface area contributed by atoms with Crippen LogP contribution in [-0.2, 0) is 0 Å². The molecule has 172 valence electrons. The summed E-state index contributed by atoms with van der Waals surface area (Å²) < 4.78 is 36.4. The van der Waals surface area contributed by atoms with Crippen LogP contribution in [0.3, 0.4) is 0 Å².